The Morgan fingerprint density at radius 2 is 2.00 bits per heavy atom. The summed E-state index contributed by atoms with van der Waals surface area (Å²) in [7, 11) is 1.65. The Labute approximate surface area is 203 Å². The number of anilines is 1. The zero-order valence-electron chi connectivity index (χ0n) is 19.1. The number of carbonyl (C=O) groups is 1. The number of hydrogen-bond donors (Lipinski definition) is 1. The minimum atomic E-state index is -0.183. The Kier molecular flexibility index (Phi) is 7.38. The average molecular weight is 482 g/mol. The number of hydrogen-bond acceptors (Lipinski definition) is 3. The molecule has 0 aliphatic heterocycles. The third kappa shape index (κ3) is 4.93. The second kappa shape index (κ2) is 10.4. The molecule has 2 heterocycles. The fourth-order valence-electron chi connectivity index (χ4n) is 4.08. The molecule has 1 N–H and O–H groups in total. The standard InChI is InChI=1S/C26H28ClN3O2S/c1-4-30-23-9-6-5-8-20(23)21(25(30)24-10-7-15-33-24)17-29(13-14-32-3)26(31)28-19-12-11-18(2)22(27)16-19/h5-12,15-16H,4,13-14,17H2,1-3H3,(H,28,31). The van der Waals surface area contributed by atoms with Crippen LogP contribution in [-0.4, -0.2) is 35.8 Å². The third-order valence-electron chi connectivity index (χ3n) is 5.77. The lowest BCUT2D eigenvalue weighted by atomic mass is 10.1. The maximum atomic E-state index is 13.3. The second-order valence-corrected chi connectivity index (χ2v) is 9.23. The van der Waals surface area contributed by atoms with Gasteiger partial charge >= 0.3 is 6.03 Å². The van der Waals surface area contributed by atoms with Crippen molar-refractivity contribution in [2.75, 3.05) is 25.6 Å². The van der Waals surface area contributed by atoms with Crippen molar-refractivity contribution in [3.05, 3.63) is 76.1 Å². The first kappa shape index (κ1) is 23.4. The molecule has 7 heteroatoms. The van der Waals surface area contributed by atoms with E-state index in [4.69, 9.17) is 16.3 Å². The van der Waals surface area contributed by atoms with Crippen molar-refractivity contribution in [1.82, 2.24) is 9.47 Å². The summed E-state index contributed by atoms with van der Waals surface area (Å²) in [5.41, 5.74) is 5.13. The number of urea groups is 1. The van der Waals surface area contributed by atoms with Gasteiger partial charge in [-0.2, -0.15) is 0 Å². The van der Waals surface area contributed by atoms with Crippen LogP contribution < -0.4 is 5.32 Å². The maximum absolute atomic E-state index is 13.3. The first-order chi connectivity index (χ1) is 16.0. The second-order valence-electron chi connectivity index (χ2n) is 7.87. The van der Waals surface area contributed by atoms with E-state index in [1.807, 2.05) is 19.1 Å². The summed E-state index contributed by atoms with van der Waals surface area (Å²) in [6, 6.07) is 18.0. The topological polar surface area (TPSA) is 46.5 Å². The van der Waals surface area contributed by atoms with Crippen molar-refractivity contribution in [3.63, 3.8) is 0 Å². The Hall–Kier alpha value is -2.80. The quantitative estimate of drug-likeness (QED) is 0.293. The van der Waals surface area contributed by atoms with Crippen LogP contribution >= 0.6 is 22.9 Å². The van der Waals surface area contributed by atoms with E-state index in [0.717, 1.165) is 23.1 Å². The van der Waals surface area contributed by atoms with Gasteiger partial charge in [0.25, 0.3) is 0 Å². The highest BCUT2D eigenvalue weighted by Crippen LogP contribution is 2.37. The molecule has 4 rings (SSSR count). The highest BCUT2D eigenvalue weighted by Gasteiger charge is 2.23. The van der Waals surface area contributed by atoms with Gasteiger partial charge in [-0.05, 0) is 49.1 Å². The van der Waals surface area contributed by atoms with Gasteiger partial charge in [0.15, 0.2) is 0 Å². The van der Waals surface area contributed by atoms with Gasteiger partial charge < -0.3 is 19.5 Å². The smallest absolute Gasteiger partial charge is 0.322 e. The van der Waals surface area contributed by atoms with E-state index < -0.39 is 0 Å². The molecular formula is C26H28ClN3O2S. The molecule has 0 aliphatic carbocycles. The van der Waals surface area contributed by atoms with Crippen LogP contribution in [0.25, 0.3) is 21.5 Å². The molecule has 172 valence electrons. The van der Waals surface area contributed by atoms with Crippen molar-refractivity contribution in [1.29, 1.82) is 0 Å². The molecule has 5 nitrogen and oxygen atoms in total. The molecule has 4 aromatic rings. The SMILES string of the molecule is CCn1c(-c2cccs2)c(CN(CCOC)C(=O)Nc2ccc(C)c(Cl)c2)c2ccccc21. The van der Waals surface area contributed by atoms with E-state index in [2.05, 4.69) is 58.6 Å². The molecule has 0 atom stereocenters. The van der Waals surface area contributed by atoms with Crippen molar-refractivity contribution in [2.45, 2.75) is 26.9 Å². The molecule has 2 aromatic heterocycles. The van der Waals surface area contributed by atoms with Crippen molar-refractivity contribution >= 4 is 45.6 Å². The van der Waals surface area contributed by atoms with Crippen LogP contribution in [0.1, 0.15) is 18.1 Å². The molecule has 0 radical (unpaired) electrons. The number of benzene rings is 2. The van der Waals surface area contributed by atoms with Gasteiger partial charge in [-0.1, -0.05) is 41.9 Å². The zero-order valence-corrected chi connectivity index (χ0v) is 20.7. The van der Waals surface area contributed by atoms with E-state index in [1.165, 1.54) is 16.1 Å². The zero-order chi connectivity index (χ0) is 23.4. The molecule has 0 saturated carbocycles. The lowest BCUT2D eigenvalue weighted by molar-refractivity contribution is 0.153. The summed E-state index contributed by atoms with van der Waals surface area (Å²) in [6.07, 6.45) is 0. The van der Waals surface area contributed by atoms with Crippen molar-refractivity contribution in [3.8, 4) is 10.6 Å². The normalized spacial score (nSPS) is 11.2. The minimum absolute atomic E-state index is 0.183. The number of para-hydroxylation sites is 1. The highest BCUT2D eigenvalue weighted by molar-refractivity contribution is 7.13. The van der Waals surface area contributed by atoms with E-state index in [1.54, 1.807) is 29.4 Å². The number of amides is 2. The van der Waals surface area contributed by atoms with Gasteiger partial charge in [-0.25, -0.2) is 4.79 Å². The lowest BCUT2D eigenvalue weighted by Crippen LogP contribution is -2.37. The lowest BCUT2D eigenvalue weighted by Gasteiger charge is -2.24. The predicted molar refractivity (Wildman–Crippen MR) is 138 cm³/mol. The molecule has 0 unspecified atom stereocenters. The Balaban J connectivity index is 1.73. The van der Waals surface area contributed by atoms with Gasteiger partial charge in [0.2, 0.25) is 0 Å². The number of halogens is 1. The Morgan fingerprint density at radius 3 is 2.70 bits per heavy atom. The number of nitrogens with one attached hydrogen (secondary N) is 1. The van der Waals surface area contributed by atoms with Crippen LogP contribution in [0.4, 0.5) is 10.5 Å². The number of nitrogens with zero attached hydrogens (tertiary/aromatic N) is 2. The van der Waals surface area contributed by atoms with Crippen LogP contribution in [0.3, 0.4) is 0 Å². The number of thiophene rings is 1. The predicted octanol–water partition coefficient (Wildman–Crippen LogP) is 7.03. The van der Waals surface area contributed by atoms with E-state index in [9.17, 15) is 4.79 Å². The summed E-state index contributed by atoms with van der Waals surface area (Å²) >= 11 is 7.98. The number of methoxy groups -OCH3 is 1. The fourth-order valence-corrected chi connectivity index (χ4v) is 5.06. The average Bonchev–Trinajstić information content (AvgIpc) is 3.45. The summed E-state index contributed by atoms with van der Waals surface area (Å²) in [6.45, 7) is 6.33. The van der Waals surface area contributed by atoms with Gasteiger partial charge in [-0.3, -0.25) is 0 Å². The van der Waals surface area contributed by atoms with Gasteiger partial charge in [0.1, 0.15) is 0 Å². The number of fused-ring (bicyclic) bond motifs is 1. The largest absolute Gasteiger partial charge is 0.383 e. The van der Waals surface area contributed by atoms with Crippen LogP contribution in [0.15, 0.2) is 60.0 Å². The van der Waals surface area contributed by atoms with Crippen LogP contribution in [0.2, 0.25) is 5.02 Å². The minimum Gasteiger partial charge on any atom is -0.383 e. The summed E-state index contributed by atoms with van der Waals surface area (Å²) < 4.78 is 7.65. The third-order valence-corrected chi connectivity index (χ3v) is 7.05. The molecule has 2 aromatic carbocycles. The molecule has 0 fully saturated rings. The first-order valence-corrected chi connectivity index (χ1v) is 12.2. The molecule has 2 amide bonds. The van der Waals surface area contributed by atoms with E-state index in [0.29, 0.717) is 30.4 Å². The van der Waals surface area contributed by atoms with Gasteiger partial charge in [-0.15, -0.1) is 11.3 Å². The fraction of sp³-hybridized carbons (Fsp3) is 0.269. The van der Waals surface area contributed by atoms with Crippen LogP contribution in [0.5, 0.6) is 0 Å². The molecule has 33 heavy (non-hydrogen) atoms. The summed E-state index contributed by atoms with van der Waals surface area (Å²) in [5.74, 6) is 0. The van der Waals surface area contributed by atoms with Gasteiger partial charge in [0, 0.05) is 47.4 Å². The molecule has 0 spiro atoms. The number of carbonyl (C=O) groups excluding carboxylic acids is 1. The molecule has 0 bridgehead atoms. The highest BCUT2D eigenvalue weighted by atomic mass is 35.5. The monoisotopic (exact) mass is 481 g/mol. The number of aryl methyl sites for hydroxylation is 2. The van der Waals surface area contributed by atoms with Crippen molar-refractivity contribution in [2.24, 2.45) is 0 Å². The van der Waals surface area contributed by atoms with Crippen LogP contribution in [0, 0.1) is 6.92 Å². The number of rotatable bonds is 8. The maximum Gasteiger partial charge on any atom is 0.322 e. The molecule has 0 saturated heterocycles. The first-order valence-electron chi connectivity index (χ1n) is 11.0. The van der Waals surface area contributed by atoms with E-state index in [-0.39, 0.29) is 6.03 Å². The summed E-state index contributed by atoms with van der Waals surface area (Å²) in [5, 5.41) is 6.89. The van der Waals surface area contributed by atoms with Gasteiger partial charge in [0.05, 0.1) is 23.7 Å². The van der Waals surface area contributed by atoms with E-state index >= 15 is 0 Å². The van der Waals surface area contributed by atoms with Crippen molar-refractivity contribution < 1.29 is 9.53 Å². The molecule has 0 aliphatic rings. The summed E-state index contributed by atoms with van der Waals surface area (Å²) in [4.78, 5) is 16.3. The number of ether oxygens (including phenoxy) is 1. The Morgan fingerprint density at radius 1 is 1.18 bits per heavy atom. The molecular weight excluding hydrogens is 454 g/mol. The Bertz CT molecular complexity index is 1250. The number of aromatic nitrogens is 1. The van der Waals surface area contributed by atoms with Crippen LogP contribution in [-0.2, 0) is 17.8 Å².